The van der Waals surface area contributed by atoms with Gasteiger partial charge in [0, 0.05) is 11.3 Å². The monoisotopic (exact) mass is 329 g/mol. The van der Waals surface area contributed by atoms with Crippen LogP contribution in [0.5, 0.6) is 0 Å². The highest BCUT2D eigenvalue weighted by atomic mass is 16.5. The molecule has 1 aromatic rings. The third kappa shape index (κ3) is 5.89. The van der Waals surface area contributed by atoms with Crippen LogP contribution in [-0.2, 0) is 16.0 Å². The smallest absolute Gasteiger partial charge is 0.305 e. The summed E-state index contributed by atoms with van der Waals surface area (Å²) in [6, 6.07) is 8.22. The predicted octanol–water partition coefficient (Wildman–Crippen LogP) is 5.50. The topological polar surface area (TPSA) is 75.1 Å². The number of rotatable bonds is 8. The van der Waals surface area contributed by atoms with Crippen LogP contribution in [0.1, 0.15) is 68.5 Å². The molecule has 1 atom stereocenters. The van der Waals surface area contributed by atoms with E-state index in [1.807, 2.05) is 0 Å². The van der Waals surface area contributed by atoms with Crippen LogP contribution in [0.15, 0.2) is 29.4 Å². The number of esters is 1. The molecule has 0 bridgehead atoms. The van der Waals surface area contributed by atoms with Gasteiger partial charge in [-0.3, -0.25) is 4.79 Å². The van der Waals surface area contributed by atoms with Gasteiger partial charge in [-0.2, -0.15) is 0 Å². The molecule has 1 aliphatic rings. The lowest BCUT2D eigenvalue weighted by atomic mass is 9.83. The van der Waals surface area contributed by atoms with Crippen molar-refractivity contribution < 1.29 is 9.53 Å². The molecule has 0 aliphatic heterocycles. The minimum Gasteiger partial charge on any atom is -0.469 e. The van der Waals surface area contributed by atoms with Gasteiger partial charge in [-0.15, -0.1) is 0 Å². The third-order valence-corrected chi connectivity index (χ3v) is 4.91. The molecule has 1 unspecified atom stereocenters. The van der Waals surface area contributed by atoms with Crippen LogP contribution >= 0.6 is 0 Å². The lowest BCUT2D eigenvalue weighted by molar-refractivity contribution is -0.140. The van der Waals surface area contributed by atoms with Crippen LogP contribution in [-0.4, -0.2) is 13.1 Å². The number of azide groups is 1. The summed E-state index contributed by atoms with van der Waals surface area (Å²) in [4.78, 5) is 14.2. The Balaban J connectivity index is 1.92. The molecule has 0 radical (unpaired) electrons. The van der Waals surface area contributed by atoms with E-state index in [9.17, 15) is 4.79 Å². The summed E-state index contributed by atoms with van der Waals surface area (Å²) in [5, 5.41) is 4.03. The molecule has 1 saturated carbocycles. The van der Waals surface area contributed by atoms with E-state index < -0.39 is 0 Å². The summed E-state index contributed by atoms with van der Waals surface area (Å²) in [5.41, 5.74) is 11.2. The SMILES string of the molecule is COC(=O)CCCc1ccc(C(CC2CCCCC2)N=[N+]=[N-])cc1. The fourth-order valence-electron chi connectivity index (χ4n) is 3.50. The van der Waals surface area contributed by atoms with E-state index in [1.54, 1.807) is 0 Å². The molecule has 1 fully saturated rings. The molecule has 0 amide bonds. The summed E-state index contributed by atoms with van der Waals surface area (Å²) in [5.74, 6) is 0.511. The van der Waals surface area contributed by atoms with Crippen molar-refractivity contribution in [3.05, 3.63) is 45.8 Å². The normalized spacial score (nSPS) is 16.2. The molecule has 0 spiro atoms. The fraction of sp³-hybridized carbons (Fsp3) is 0.632. The third-order valence-electron chi connectivity index (χ3n) is 4.91. The van der Waals surface area contributed by atoms with Crippen LogP contribution in [0.25, 0.3) is 10.4 Å². The summed E-state index contributed by atoms with van der Waals surface area (Å²) >= 11 is 0. The predicted molar refractivity (Wildman–Crippen MR) is 94.5 cm³/mol. The number of nitrogens with zero attached hydrogens (tertiary/aromatic N) is 3. The highest BCUT2D eigenvalue weighted by molar-refractivity contribution is 5.69. The molecule has 5 nitrogen and oxygen atoms in total. The number of ether oxygens (including phenoxy) is 1. The fourth-order valence-corrected chi connectivity index (χ4v) is 3.50. The van der Waals surface area contributed by atoms with Crippen molar-refractivity contribution in [2.75, 3.05) is 7.11 Å². The first-order valence-electron chi connectivity index (χ1n) is 8.92. The largest absolute Gasteiger partial charge is 0.469 e. The molecule has 1 aliphatic carbocycles. The van der Waals surface area contributed by atoms with Gasteiger partial charge in [0.1, 0.15) is 0 Å². The maximum absolute atomic E-state index is 11.1. The van der Waals surface area contributed by atoms with Gasteiger partial charge in [0.05, 0.1) is 13.2 Å². The Labute approximate surface area is 144 Å². The van der Waals surface area contributed by atoms with Gasteiger partial charge in [0.15, 0.2) is 0 Å². The second kappa shape index (κ2) is 9.99. The number of aryl methyl sites for hydroxylation is 1. The quantitative estimate of drug-likeness (QED) is 0.273. The molecule has 1 aromatic carbocycles. The molecule has 2 rings (SSSR count). The molecular weight excluding hydrogens is 302 g/mol. The van der Waals surface area contributed by atoms with Gasteiger partial charge in [0.25, 0.3) is 0 Å². The molecular formula is C19H27N3O2. The second-order valence-corrected chi connectivity index (χ2v) is 6.63. The van der Waals surface area contributed by atoms with E-state index in [0.29, 0.717) is 12.3 Å². The molecule has 0 aromatic heterocycles. The Bertz CT molecular complexity index is 558. The van der Waals surface area contributed by atoms with Crippen molar-refractivity contribution in [1.82, 2.24) is 0 Å². The Kier molecular flexibility index (Phi) is 7.63. The average Bonchev–Trinajstić information content (AvgIpc) is 2.62. The van der Waals surface area contributed by atoms with E-state index >= 15 is 0 Å². The first-order chi connectivity index (χ1) is 11.7. The first-order valence-corrected chi connectivity index (χ1v) is 8.92. The number of methoxy groups -OCH3 is 1. The average molecular weight is 329 g/mol. The molecule has 0 heterocycles. The first kappa shape index (κ1) is 18.3. The van der Waals surface area contributed by atoms with E-state index in [2.05, 4.69) is 39.0 Å². The zero-order chi connectivity index (χ0) is 17.2. The minimum absolute atomic E-state index is 0.0674. The number of carbonyl (C=O) groups is 1. The molecule has 24 heavy (non-hydrogen) atoms. The zero-order valence-electron chi connectivity index (χ0n) is 14.5. The maximum atomic E-state index is 11.1. The van der Waals surface area contributed by atoms with E-state index in [4.69, 9.17) is 5.53 Å². The number of hydrogen-bond donors (Lipinski definition) is 0. The highest BCUT2D eigenvalue weighted by Crippen LogP contribution is 2.34. The summed E-state index contributed by atoms with van der Waals surface area (Å²) < 4.78 is 4.65. The van der Waals surface area contributed by atoms with Crippen LogP contribution in [0.4, 0.5) is 0 Å². The van der Waals surface area contributed by atoms with Gasteiger partial charge in [-0.1, -0.05) is 61.5 Å². The van der Waals surface area contributed by atoms with Gasteiger partial charge >= 0.3 is 5.97 Å². The van der Waals surface area contributed by atoms with Gasteiger partial charge < -0.3 is 4.74 Å². The highest BCUT2D eigenvalue weighted by Gasteiger charge is 2.19. The zero-order valence-corrected chi connectivity index (χ0v) is 14.5. The lowest BCUT2D eigenvalue weighted by Crippen LogP contribution is -2.10. The maximum Gasteiger partial charge on any atom is 0.305 e. The lowest BCUT2D eigenvalue weighted by Gasteiger charge is -2.24. The second-order valence-electron chi connectivity index (χ2n) is 6.63. The van der Waals surface area contributed by atoms with Crippen molar-refractivity contribution in [1.29, 1.82) is 0 Å². The number of benzene rings is 1. The summed E-state index contributed by atoms with van der Waals surface area (Å²) in [6.07, 6.45) is 9.47. The van der Waals surface area contributed by atoms with E-state index in [-0.39, 0.29) is 12.0 Å². The van der Waals surface area contributed by atoms with Gasteiger partial charge in [-0.25, -0.2) is 0 Å². The minimum atomic E-state index is -0.164. The Morgan fingerprint density at radius 1 is 1.29 bits per heavy atom. The number of carbonyl (C=O) groups excluding carboxylic acids is 1. The van der Waals surface area contributed by atoms with Crippen molar-refractivity contribution in [2.45, 2.75) is 63.8 Å². The van der Waals surface area contributed by atoms with Crippen molar-refractivity contribution in [3.63, 3.8) is 0 Å². The van der Waals surface area contributed by atoms with Crippen LogP contribution in [0.2, 0.25) is 0 Å². The van der Waals surface area contributed by atoms with Crippen LogP contribution in [0.3, 0.4) is 0 Å². The Hall–Kier alpha value is -2.00. The summed E-state index contributed by atoms with van der Waals surface area (Å²) in [7, 11) is 1.42. The van der Waals surface area contributed by atoms with E-state index in [0.717, 1.165) is 24.8 Å². The standard InChI is InChI=1S/C19H27N3O2/c1-24-19(23)9-5-8-15-10-12-17(13-11-15)18(21-22-20)14-16-6-3-2-4-7-16/h10-13,16,18H,2-9,14H2,1H3. The molecule has 0 N–H and O–H groups in total. The van der Waals surface area contributed by atoms with E-state index in [1.165, 1.54) is 44.8 Å². The summed E-state index contributed by atoms with van der Waals surface area (Å²) in [6.45, 7) is 0. The van der Waals surface area contributed by atoms with Crippen molar-refractivity contribution in [3.8, 4) is 0 Å². The Morgan fingerprint density at radius 2 is 2.00 bits per heavy atom. The van der Waals surface area contributed by atoms with Crippen LogP contribution in [0, 0.1) is 5.92 Å². The van der Waals surface area contributed by atoms with Crippen molar-refractivity contribution >= 4 is 5.97 Å². The number of hydrogen-bond acceptors (Lipinski definition) is 3. The molecule has 5 heteroatoms. The van der Waals surface area contributed by atoms with Crippen LogP contribution < -0.4 is 0 Å². The molecule has 130 valence electrons. The van der Waals surface area contributed by atoms with Gasteiger partial charge in [-0.05, 0) is 41.8 Å². The van der Waals surface area contributed by atoms with Crippen molar-refractivity contribution in [2.24, 2.45) is 11.0 Å². The Morgan fingerprint density at radius 3 is 2.62 bits per heavy atom. The molecule has 0 saturated heterocycles. The van der Waals surface area contributed by atoms with Gasteiger partial charge in [0.2, 0.25) is 0 Å².